The van der Waals surface area contributed by atoms with E-state index in [1.54, 1.807) is 37.3 Å². The average Bonchev–Trinajstić information content (AvgIpc) is 2.53. The van der Waals surface area contributed by atoms with Gasteiger partial charge in [-0.15, -0.1) is 0 Å². The van der Waals surface area contributed by atoms with Crippen molar-refractivity contribution < 1.29 is 13.9 Å². The molecule has 108 valence electrons. The minimum absolute atomic E-state index is 0.0244. The lowest BCUT2D eigenvalue weighted by molar-refractivity contribution is -0.159. The van der Waals surface area contributed by atoms with E-state index in [1.807, 2.05) is 13.0 Å². The number of rotatable bonds is 4. The number of ether oxygens (including phenoxy) is 1. The molecule has 2 aromatic rings. The van der Waals surface area contributed by atoms with E-state index in [-0.39, 0.29) is 5.56 Å². The van der Waals surface area contributed by atoms with Crippen molar-refractivity contribution in [1.29, 1.82) is 5.26 Å². The lowest BCUT2D eigenvalue weighted by Crippen LogP contribution is -2.33. The summed E-state index contributed by atoms with van der Waals surface area (Å²) in [6.07, 6.45) is 0.124. The second kappa shape index (κ2) is 5.92. The first kappa shape index (κ1) is 15.0. The summed E-state index contributed by atoms with van der Waals surface area (Å²) in [5.74, 6) is -1.16. The average molecular weight is 285 g/mol. The molecular weight excluding hydrogens is 269 g/mol. The van der Waals surface area contributed by atoms with Gasteiger partial charge in [0.1, 0.15) is 6.07 Å². The first-order valence-electron chi connectivity index (χ1n) is 6.82. The van der Waals surface area contributed by atoms with Crippen molar-refractivity contribution in [3.05, 3.63) is 48.0 Å². The molecule has 0 aliphatic carbocycles. The van der Waals surface area contributed by atoms with Gasteiger partial charge in [-0.25, -0.2) is 9.18 Å². The van der Waals surface area contributed by atoms with Crippen LogP contribution < -0.4 is 0 Å². The molecule has 3 nitrogen and oxygen atoms in total. The summed E-state index contributed by atoms with van der Waals surface area (Å²) in [5, 5.41) is 10.5. The van der Waals surface area contributed by atoms with Crippen LogP contribution in [0, 0.1) is 11.3 Å². The topological polar surface area (TPSA) is 50.1 Å². The van der Waals surface area contributed by atoms with Gasteiger partial charge in [0, 0.05) is 5.56 Å². The Labute approximate surface area is 123 Å². The monoisotopic (exact) mass is 285 g/mol. The third kappa shape index (κ3) is 2.73. The first-order chi connectivity index (χ1) is 10.0. The minimum Gasteiger partial charge on any atom is -0.459 e. The van der Waals surface area contributed by atoms with Crippen LogP contribution in [0.1, 0.15) is 25.8 Å². The van der Waals surface area contributed by atoms with Gasteiger partial charge in [-0.3, -0.25) is 0 Å². The fourth-order valence-corrected chi connectivity index (χ4v) is 2.09. The van der Waals surface area contributed by atoms with Crippen LogP contribution >= 0.6 is 0 Å². The predicted octanol–water partition coefficient (Wildman–Crippen LogP) is 3.87. The number of carbonyl (C=O) groups is 1. The lowest BCUT2D eigenvalue weighted by Gasteiger charge is -2.20. The molecule has 0 aliphatic heterocycles. The molecule has 0 radical (unpaired) electrons. The number of halogens is 1. The van der Waals surface area contributed by atoms with Gasteiger partial charge in [0.2, 0.25) is 0 Å². The molecule has 0 saturated carbocycles. The van der Waals surface area contributed by atoms with Crippen LogP contribution in [0.15, 0.2) is 42.5 Å². The van der Waals surface area contributed by atoms with Crippen molar-refractivity contribution in [2.24, 2.45) is 0 Å². The van der Waals surface area contributed by atoms with E-state index in [1.165, 1.54) is 12.1 Å². The molecule has 0 bridgehead atoms. The molecule has 2 aromatic carbocycles. The summed E-state index contributed by atoms with van der Waals surface area (Å²) in [7, 11) is 0. The van der Waals surface area contributed by atoms with E-state index in [2.05, 4.69) is 0 Å². The molecule has 0 amide bonds. The van der Waals surface area contributed by atoms with Crippen LogP contribution in [0.2, 0.25) is 0 Å². The zero-order valence-corrected chi connectivity index (χ0v) is 12.0. The largest absolute Gasteiger partial charge is 0.459 e. The van der Waals surface area contributed by atoms with Crippen LogP contribution in [0.4, 0.5) is 4.39 Å². The summed E-state index contributed by atoms with van der Waals surface area (Å²) in [6.45, 7) is 3.49. The Kier molecular flexibility index (Phi) is 4.23. The molecule has 2 atom stereocenters. The van der Waals surface area contributed by atoms with Crippen LogP contribution in [0.5, 0.6) is 0 Å². The number of benzene rings is 2. The van der Waals surface area contributed by atoms with Gasteiger partial charge in [0.15, 0.2) is 0 Å². The van der Waals surface area contributed by atoms with Gasteiger partial charge in [-0.05, 0) is 24.1 Å². The fraction of sp³-hybridized carbons (Fsp3) is 0.294. The quantitative estimate of drug-likeness (QED) is 0.801. The fourth-order valence-electron chi connectivity index (χ4n) is 2.09. The highest BCUT2D eigenvalue weighted by Crippen LogP contribution is 2.33. The Morgan fingerprint density at radius 2 is 2.00 bits per heavy atom. The Morgan fingerprint density at radius 1 is 1.33 bits per heavy atom. The number of fused-ring (bicyclic) bond motifs is 1. The highest BCUT2D eigenvalue weighted by Gasteiger charge is 2.44. The molecule has 0 N–H and O–H groups in total. The molecule has 0 saturated heterocycles. The standard InChI is InChI=1S/C17H16FNO2/c1-3-12(2)21-16(20)17(18,11-19)15-10-6-8-13-7-4-5-9-14(13)15/h4-10,12H,3H2,1-2H3. The third-order valence-electron chi connectivity index (χ3n) is 3.48. The Bertz CT molecular complexity index is 702. The number of nitrogens with zero attached hydrogens (tertiary/aromatic N) is 1. The van der Waals surface area contributed by atoms with Crippen molar-refractivity contribution in [3.8, 4) is 6.07 Å². The van der Waals surface area contributed by atoms with E-state index in [0.717, 1.165) is 5.39 Å². The Hall–Kier alpha value is -2.41. The van der Waals surface area contributed by atoms with Crippen molar-refractivity contribution >= 4 is 16.7 Å². The summed E-state index contributed by atoms with van der Waals surface area (Å²) >= 11 is 0. The molecule has 0 heterocycles. The molecule has 2 unspecified atom stereocenters. The maximum Gasteiger partial charge on any atom is 0.364 e. The van der Waals surface area contributed by atoms with Crippen molar-refractivity contribution in [2.45, 2.75) is 32.0 Å². The molecule has 2 rings (SSSR count). The van der Waals surface area contributed by atoms with Gasteiger partial charge in [0.25, 0.3) is 0 Å². The van der Waals surface area contributed by atoms with Gasteiger partial charge in [-0.2, -0.15) is 5.26 Å². The Balaban J connectivity index is 2.53. The number of carbonyl (C=O) groups excluding carboxylic acids is 1. The first-order valence-corrected chi connectivity index (χ1v) is 6.82. The maximum atomic E-state index is 15.0. The third-order valence-corrected chi connectivity index (χ3v) is 3.48. The number of alkyl halides is 1. The zero-order chi connectivity index (χ0) is 15.5. The smallest absolute Gasteiger partial charge is 0.364 e. The zero-order valence-electron chi connectivity index (χ0n) is 12.0. The summed E-state index contributed by atoms with van der Waals surface area (Å²) < 4.78 is 20.1. The highest BCUT2D eigenvalue weighted by atomic mass is 19.1. The number of hydrogen-bond donors (Lipinski definition) is 0. The van der Waals surface area contributed by atoms with Gasteiger partial charge in [0.05, 0.1) is 6.10 Å². The van der Waals surface area contributed by atoms with E-state index < -0.39 is 17.7 Å². The van der Waals surface area contributed by atoms with E-state index in [9.17, 15) is 10.1 Å². The highest BCUT2D eigenvalue weighted by molar-refractivity contribution is 5.94. The van der Waals surface area contributed by atoms with Gasteiger partial charge >= 0.3 is 11.6 Å². The molecule has 4 heteroatoms. The van der Waals surface area contributed by atoms with E-state index >= 15 is 4.39 Å². The van der Waals surface area contributed by atoms with Crippen LogP contribution in [0.25, 0.3) is 10.8 Å². The van der Waals surface area contributed by atoms with Crippen molar-refractivity contribution in [1.82, 2.24) is 0 Å². The van der Waals surface area contributed by atoms with E-state index in [4.69, 9.17) is 4.74 Å². The van der Waals surface area contributed by atoms with Crippen LogP contribution in [-0.2, 0) is 15.2 Å². The SMILES string of the molecule is CCC(C)OC(=O)C(F)(C#N)c1cccc2ccccc12. The van der Waals surface area contributed by atoms with Crippen molar-refractivity contribution in [3.63, 3.8) is 0 Å². The maximum absolute atomic E-state index is 15.0. The van der Waals surface area contributed by atoms with Crippen LogP contribution in [-0.4, -0.2) is 12.1 Å². The molecule has 0 aliphatic rings. The molecule has 0 spiro atoms. The number of esters is 1. The van der Waals surface area contributed by atoms with Crippen molar-refractivity contribution in [2.75, 3.05) is 0 Å². The lowest BCUT2D eigenvalue weighted by atomic mass is 9.92. The molecule has 0 aromatic heterocycles. The predicted molar refractivity (Wildman–Crippen MR) is 78.2 cm³/mol. The minimum atomic E-state index is -2.80. The molecule has 21 heavy (non-hydrogen) atoms. The number of hydrogen-bond acceptors (Lipinski definition) is 3. The van der Waals surface area contributed by atoms with Gasteiger partial charge < -0.3 is 4.74 Å². The molecular formula is C17H16FNO2. The summed E-state index contributed by atoms with van der Waals surface area (Å²) in [6, 6.07) is 13.4. The molecule has 0 fully saturated rings. The normalized spacial score (nSPS) is 15.0. The van der Waals surface area contributed by atoms with E-state index in [0.29, 0.717) is 11.8 Å². The summed E-state index contributed by atoms with van der Waals surface area (Å²) in [4.78, 5) is 12.1. The second-order valence-corrected chi connectivity index (χ2v) is 4.92. The second-order valence-electron chi connectivity index (χ2n) is 4.92. The van der Waals surface area contributed by atoms with Crippen LogP contribution in [0.3, 0.4) is 0 Å². The number of nitriles is 1. The van der Waals surface area contributed by atoms with Gasteiger partial charge in [-0.1, -0.05) is 49.4 Å². The summed E-state index contributed by atoms with van der Waals surface area (Å²) in [5.41, 5.74) is -2.78. The Morgan fingerprint density at radius 3 is 2.67 bits per heavy atom.